The van der Waals surface area contributed by atoms with E-state index in [1.807, 2.05) is 25.1 Å². The number of anilines is 1. The Morgan fingerprint density at radius 1 is 1.21 bits per heavy atom. The van der Waals surface area contributed by atoms with Crippen molar-refractivity contribution in [2.45, 2.75) is 44.6 Å². The fourth-order valence-electron chi connectivity index (χ4n) is 4.31. The Bertz CT molecular complexity index is 970. The van der Waals surface area contributed by atoms with Gasteiger partial charge in [0.05, 0.1) is 6.61 Å². The van der Waals surface area contributed by atoms with Crippen LogP contribution < -0.4 is 10.1 Å². The molecule has 176 valence electrons. The second kappa shape index (κ2) is 11.5. The van der Waals surface area contributed by atoms with Crippen LogP contribution in [0.15, 0.2) is 24.3 Å². The first kappa shape index (κ1) is 23.5. The number of rotatable bonds is 11. The molecule has 1 atom stereocenters. The van der Waals surface area contributed by atoms with Gasteiger partial charge in [-0.05, 0) is 74.9 Å². The lowest BCUT2D eigenvalue weighted by Gasteiger charge is -2.33. The van der Waals surface area contributed by atoms with E-state index < -0.39 is 0 Å². The van der Waals surface area contributed by atoms with Gasteiger partial charge in [-0.25, -0.2) is 0 Å². The number of nitrogens with zero attached hydrogens (tertiary/aromatic N) is 3. The van der Waals surface area contributed by atoms with E-state index in [2.05, 4.69) is 32.4 Å². The third-order valence-electron chi connectivity index (χ3n) is 6.22. The normalized spacial score (nSPS) is 18.6. The summed E-state index contributed by atoms with van der Waals surface area (Å²) in [5.41, 5.74) is 3.75. The van der Waals surface area contributed by atoms with E-state index in [-0.39, 0.29) is 6.79 Å². The van der Waals surface area contributed by atoms with Crippen LogP contribution in [0.2, 0.25) is 0 Å². The first-order valence-electron chi connectivity index (χ1n) is 11.9. The predicted octanol–water partition coefficient (Wildman–Crippen LogP) is 3.90. The van der Waals surface area contributed by atoms with Crippen molar-refractivity contribution in [1.29, 1.82) is 0 Å². The van der Waals surface area contributed by atoms with Gasteiger partial charge in [0.15, 0.2) is 6.79 Å². The Morgan fingerprint density at radius 3 is 2.85 bits per heavy atom. The van der Waals surface area contributed by atoms with Gasteiger partial charge in [-0.15, -0.1) is 16.6 Å². The Balaban J connectivity index is 1.55. The number of benzene rings is 1. The summed E-state index contributed by atoms with van der Waals surface area (Å²) in [7, 11) is 1.75. The van der Waals surface area contributed by atoms with Gasteiger partial charge >= 0.3 is 0 Å². The molecule has 33 heavy (non-hydrogen) atoms. The van der Waals surface area contributed by atoms with Gasteiger partial charge < -0.3 is 19.5 Å². The van der Waals surface area contributed by atoms with Gasteiger partial charge in [-0.2, -0.15) is 0 Å². The zero-order valence-corrected chi connectivity index (χ0v) is 19.7. The van der Waals surface area contributed by atoms with Crippen LogP contribution in [0, 0.1) is 12.3 Å². The van der Waals surface area contributed by atoms with Gasteiger partial charge in [0, 0.05) is 44.0 Å². The van der Waals surface area contributed by atoms with Crippen molar-refractivity contribution in [3.63, 3.8) is 0 Å². The fourth-order valence-corrected chi connectivity index (χ4v) is 4.31. The molecule has 2 aromatic rings. The molecule has 4 rings (SSSR count). The van der Waals surface area contributed by atoms with E-state index >= 15 is 0 Å². The number of piperidine rings is 1. The average Bonchev–Trinajstić information content (AvgIpc) is 3.69. The van der Waals surface area contributed by atoms with Crippen molar-refractivity contribution in [3.05, 3.63) is 35.4 Å². The van der Waals surface area contributed by atoms with E-state index in [0.717, 1.165) is 55.3 Å². The monoisotopic (exact) mass is 450 g/mol. The van der Waals surface area contributed by atoms with Crippen LogP contribution in [-0.4, -0.2) is 67.9 Å². The Labute approximate surface area is 196 Å². The lowest BCUT2D eigenvalue weighted by atomic mass is 10.0. The number of hydrogen-bond acceptors (Lipinski definition) is 7. The third kappa shape index (κ3) is 6.23. The molecule has 1 aliphatic carbocycles. The maximum absolute atomic E-state index is 5.91. The van der Waals surface area contributed by atoms with Crippen molar-refractivity contribution >= 4 is 5.82 Å². The molecule has 7 heteroatoms. The van der Waals surface area contributed by atoms with Crippen LogP contribution in [-0.2, 0) is 9.47 Å². The molecule has 1 saturated carbocycles. The second-order valence-electron chi connectivity index (χ2n) is 8.69. The van der Waals surface area contributed by atoms with E-state index in [9.17, 15) is 0 Å². The van der Waals surface area contributed by atoms with Crippen LogP contribution in [0.3, 0.4) is 0 Å². The second-order valence-corrected chi connectivity index (χ2v) is 8.69. The average molecular weight is 451 g/mol. The molecular weight excluding hydrogens is 416 g/mol. The summed E-state index contributed by atoms with van der Waals surface area (Å²) in [5.74, 6) is 4.71. The summed E-state index contributed by atoms with van der Waals surface area (Å²) in [6.07, 6.45) is 10.3. The highest BCUT2D eigenvalue weighted by Gasteiger charge is 2.30. The van der Waals surface area contributed by atoms with Crippen molar-refractivity contribution in [3.8, 4) is 29.4 Å². The summed E-state index contributed by atoms with van der Waals surface area (Å²) < 4.78 is 16.5. The predicted molar refractivity (Wildman–Crippen MR) is 129 cm³/mol. The molecule has 0 bridgehead atoms. The summed E-state index contributed by atoms with van der Waals surface area (Å²) in [4.78, 5) is 2.45. The quantitative estimate of drug-likeness (QED) is 0.316. The minimum atomic E-state index is 0.171. The van der Waals surface area contributed by atoms with Crippen molar-refractivity contribution in [2.24, 2.45) is 0 Å². The molecule has 2 fully saturated rings. The number of ether oxygens (including phenoxy) is 3. The van der Waals surface area contributed by atoms with Crippen LogP contribution in [0.25, 0.3) is 11.3 Å². The van der Waals surface area contributed by atoms with E-state index in [0.29, 0.717) is 24.3 Å². The molecule has 1 saturated heterocycles. The van der Waals surface area contributed by atoms with Gasteiger partial charge in [-0.1, -0.05) is 5.92 Å². The molecular formula is C26H34N4O3. The first-order chi connectivity index (χ1) is 16.2. The molecule has 0 unspecified atom stereocenters. The third-order valence-corrected chi connectivity index (χ3v) is 6.22. The van der Waals surface area contributed by atoms with Gasteiger partial charge in [0.1, 0.15) is 17.3 Å². The van der Waals surface area contributed by atoms with E-state index in [4.69, 9.17) is 20.6 Å². The minimum absolute atomic E-state index is 0.171. The van der Waals surface area contributed by atoms with E-state index in [1.54, 1.807) is 7.11 Å². The SMILES string of the molecule is C#Cc1ccc(-c2nnc(N[C@@H]3CCCN(CCOC)C3)cc2C2CC2)c(OCOCC)c1. The molecule has 2 heterocycles. The van der Waals surface area contributed by atoms with Crippen LogP contribution in [0.5, 0.6) is 5.75 Å². The molecule has 1 aromatic carbocycles. The molecule has 0 spiro atoms. The summed E-state index contributed by atoms with van der Waals surface area (Å²) in [6, 6.07) is 8.31. The molecule has 0 amide bonds. The maximum atomic E-state index is 5.91. The van der Waals surface area contributed by atoms with Gasteiger partial charge in [0.25, 0.3) is 0 Å². The highest BCUT2D eigenvalue weighted by atomic mass is 16.7. The van der Waals surface area contributed by atoms with E-state index in [1.165, 1.54) is 24.8 Å². The van der Waals surface area contributed by atoms with Crippen molar-refractivity contribution in [1.82, 2.24) is 15.1 Å². The summed E-state index contributed by atoms with van der Waals surface area (Å²) in [6.45, 7) is 6.54. The van der Waals surface area contributed by atoms with Crippen molar-refractivity contribution < 1.29 is 14.2 Å². The highest BCUT2D eigenvalue weighted by Crippen LogP contribution is 2.45. The molecule has 1 aromatic heterocycles. The van der Waals surface area contributed by atoms with Crippen LogP contribution in [0.4, 0.5) is 5.82 Å². The minimum Gasteiger partial charge on any atom is -0.467 e. The lowest BCUT2D eigenvalue weighted by Crippen LogP contribution is -2.43. The number of nitrogens with one attached hydrogen (secondary N) is 1. The zero-order valence-electron chi connectivity index (χ0n) is 19.7. The van der Waals surface area contributed by atoms with Crippen LogP contribution in [0.1, 0.15) is 49.7 Å². The molecule has 2 aliphatic rings. The lowest BCUT2D eigenvalue weighted by molar-refractivity contribution is 0.0227. The zero-order chi connectivity index (χ0) is 23.0. The van der Waals surface area contributed by atoms with Crippen molar-refractivity contribution in [2.75, 3.05) is 52.1 Å². The molecule has 1 N–H and O–H groups in total. The first-order valence-corrected chi connectivity index (χ1v) is 11.9. The number of aromatic nitrogens is 2. The summed E-state index contributed by atoms with van der Waals surface area (Å²) >= 11 is 0. The molecule has 1 aliphatic heterocycles. The largest absolute Gasteiger partial charge is 0.467 e. The number of likely N-dealkylation sites (tertiary alicyclic amines) is 1. The number of methoxy groups -OCH3 is 1. The summed E-state index contributed by atoms with van der Waals surface area (Å²) in [5, 5.41) is 12.9. The number of hydrogen-bond donors (Lipinski definition) is 1. The number of terminal acetylenes is 1. The Hall–Kier alpha value is -2.66. The fraction of sp³-hybridized carbons (Fsp3) is 0.538. The molecule has 7 nitrogen and oxygen atoms in total. The smallest absolute Gasteiger partial charge is 0.189 e. The standard InChI is InChI=1S/C26H34N4O3/c1-4-19-8-11-22(24(15-19)33-18-32-5-2)26-23(20-9-10-20)16-25(28-29-26)27-21-7-6-12-30(17-21)13-14-31-3/h1,8,11,15-16,20-21H,5-7,9-10,12-14,17-18H2,2-3H3,(H,27,28)/t21-/m1/s1. The van der Waals surface area contributed by atoms with Gasteiger partial charge in [0.2, 0.25) is 0 Å². The van der Waals surface area contributed by atoms with Gasteiger partial charge in [-0.3, -0.25) is 4.90 Å². The Morgan fingerprint density at radius 2 is 2.09 bits per heavy atom. The van der Waals surface area contributed by atoms with Crippen LogP contribution >= 0.6 is 0 Å². The topological polar surface area (TPSA) is 68.7 Å². The highest BCUT2D eigenvalue weighted by molar-refractivity contribution is 5.73. The Kier molecular flexibility index (Phi) is 8.16. The maximum Gasteiger partial charge on any atom is 0.189 e. The molecule has 0 radical (unpaired) electrons.